The van der Waals surface area contributed by atoms with E-state index in [1.807, 2.05) is 47.9 Å². The fourth-order valence-corrected chi connectivity index (χ4v) is 3.74. The molecule has 0 aliphatic carbocycles. The molecular formula is C19H19N5O2S. The first-order chi connectivity index (χ1) is 13.2. The zero-order chi connectivity index (χ0) is 18.6. The van der Waals surface area contributed by atoms with Gasteiger partial charge in [0.1, 0.15) is 11.4 Å². The molecule has 0 atom stereocenters. The lowest BCUT2D eigenvalue weighted by Gasteiger charge is -2.08. The van der Waals surface area contributed by atoms with Crippen molar-refractivity contribution in [1.29, 1.82) is 0 Å². The lowest BCUT2D eigenvalue weighted by Crippen LogP contribution is -2.14. The number of pyridine rings is 1. The summed E-state index contributed by atoms with van der Waals surface area (Å²) in [5, 5.41) is 12.1. The van der Waals surface area contributed by atoms with Crippen LogP contribution < -0.4 is 10.1 Å². The van der Waals surface area contributed by atoms with Crippen molar-refractivity contribution in [1.82, 2.24) is 19.7 Å². The Balaban J connectivity index is 1.41. The molecule has 1 aliphatic rings. The van der Waals surface area contributed by atoms with Crippen LogP contribution in [0.25, 0.3) is 11.5 Å². The Kier molecular flexibility index (Phi) is 5.06. The third-order valence-electron chi connectivity index (χ3n) is 4.24. The molecule has 0 unspecified atom stereocenters. The lowest BCUT2D eigenvalue weighted by atomic mass is 10.1. The highest BCUT2D eigenvalue weighted by Crippen LogP contribution is 2.28. The lowest BCUT2D eigenvalue weighted by molar-refractivity contribution is -0.113. The predicted octanol–water partition coefficient (Wildman–Crippen LogP) is 3.03. The number of carbonyl (C=O) groups excluding carboxylic acids is 1. The Morgan fingerprint density at radius 1 is 1.30 bits per heavy atom. The molecule has 0 bridgehead atoms. The minimum absolute atomic E-state index is 0.0945. The molecule has 1 aliphatic heterocycles. The van der Waals surface area contributed by atoms with Gasteiger partial charge in [0.2, 0.25) is 5.91 Å². The van der Waals surface area contributed by atoms with Crippen LogP contribution in [-0.2, 0) is 17.8 Å². The number of hydrogen-bond acceptors (Lipinski definition) is 6. The number of aromatic nitrogens is 4. The largest absolute Gasteiger partial charge is 0.493 e. The smallest absolute Gasteiger partial charge is 0.234 e. The van der Waals surface area contributed by atoms with Crippen molar-refractivity contribution < 1.29 is 9.53 Å². The van der Waals surface area contributed by atoms with Gasteiger partial charge < -0.3 is 14.6 Å². The molecule has 2 aromatic heterocycles. The Hall–Kier alpha value is -2.87. The first-order valence-corrected chi connectivity index (χ1v) is 9.76. The second-order valence-corrected chi connectivity index (χ2v) is 6.97. The summed E-state index contributed by atoms with van der Waals surface area (Å²) in [6.07, 6.45) is 2.65. The fraction of sp³-hybridized carbons (Fsp3) is 0.263. The first kappa shape index (κ1) is 17.5. The number of hydrogen-bond donors (Lipinski definition) is 1. The van der Waals surface area contributed by atoms with E-state index in [1.165, 1.54) is 17.3 Å². The van der Waals surface area contributed by atoms with E-state index < -0.39 is 0 Å². The van der Waals surface area contributed by atoms with Crippen molar-refractivity contribution in [3.63, 3.8) is 0 Å². The predicted molar refractivity (Wildman–Crippen MR) is 104 cm³/mol. The number of amides is 1. The fourth-order valence-electron chi connectivity index (χ4n) is 2.94. The summed E-state index contributed by atoms with van der Waals surface area (Å²) < 4.78 is 7.50. The molecule has 3 aromatic rings. The Labute approximate surface area is 161 Å². The minimum Gasteiger partial charge on any atom is -0.493 e. The van der Waals surface area contributed by atoms with Gasteiger partial charge in [-0.1, -0.05) is 23.9 Å². The molecule has 4 rings (SSSR count). The van der Waals surface area contributed by atoms with E-state index in [0.717, 1.165) is 23.6 Å². The number of anilines is 1. The molecule has 0 saturated carbocycles. The maximum Gasteiger partial charge on any atom is 0.234 e. The van der Waals surface area contributed by atoms with Crippen molar-refractivity contribution in [3.8, 4) is 17.3 Å². The standard InChI is InChI=1S/C19H19N5O2S/c1-2-24-18(15-5-3-4-9-20-15)22-23-19(24)27-12-17(25)21-14-7-6-13-8-10-26-16(13)11-14/h3-7,9,11H,2,8,10,12H2,1H3,(H,21,25). The SMILES string of the molecule is CCn1c(SCC(=O)Nc2ccc3c(c2)OCC3)nnc1-c1ccccn1. The summed E-state index contributed by atoms with van der Waals surface area (Å²) in [7, 11) is 0. The normalized spacial score (nSPS) is 12.5. The van der Waals surface area contributed by atoms with Crippen molar-refractivity contribution in [2.45, 2.75) is 25.0 Å². The highest BCUT2D eigenvalue weighted by Gasteiger charge is 2.16. The molecule has 27 heavy (non-hydrogen) atoms. The van der Waals surface area contributed by atoms with E-state index in [4.69, 9.17) is 4.74 Å². The summed E-state index contributed by atoms with van der Waals surface area (Å²) in [4.78, 5) is 16.6. The van der Waals surface area contributed by atoms with Gasteiger partial charge in [-0.3, -0.25) is 9.78 Å². The van der Waals surface area contributed by atoms with Gasteiger partial charge >= 0.3 is 0 Å². The molecule has 138 valence electrons. The van der Waals surface area contributed by atoms with Crippen LogP contribution in [0.2, 0.25) is 0 Å². The number of nitrogens with one attached hydrogen (secondary N) is 1. The monoisotopic (exact) mass is 381 g/mol. The average Bonchev–Trinajstić information content (AvgIpc) is 3.33. The molecule has 0 fully saturated rings. The zero-order valence-electron chi connectivity index (χ0n) is 14.9. The number of benzene rings is 1. The van der Waals surface area contributed by atoms with Crippen LogP contribution in [-0.4, -0.2) is 38.0 Å². The Bertz CT molecular complexity index is 958. The summed E-state index contributed by atoms with van der Waals surface area (Å²) in [5.74, 6) is 1.71. The molecule has 1 N–H and O–H groups in total. The van der Waals surface area contributed by atoms with Crippen molar-refractivity contribution in [3.05, 3.63) is 48.2 Å². The van der Waals surface area contributed by atoms with Crippen molar-refractivity contribution >= 4 is 23.4 Å². The van der Waals surface area contributed by atoms with E-state index in [-0.39, 0.29) is 11.7 Å². The summed E-state index contributed by atoms with van der Waals surface area (Å²) >= 11 is 1.36. The highest BCUT2D eigenvalue weighted by atomic mass is 32.2. The third-order valence-corrected chi connectivity index (χ3v) is 5.21. The van der Waals surface area contributed by atoms with Gasteiger partial charge in [-0.2, -0.15) is 0 Å². The minimum atomic E-state index is -0.0945. The molecule has 0 spiro atoms. The molecular weight excluding hydrogens is 362 g/mol. The van der Waals surface area contributed by atoms with Crippen LogP contribution in [0.5, 0.6) is 5.75 Å². The molecule has 0 saturated heterocycles. The van der Waals surface area contributed by atoms with E-state index >= 15 is 0 Å². The van der Waals surface area contributed by atoms with Gasteiger partial charge in [-0.25, -0.2) is 0 Å². The van der Waals surface area contributed by atoms with Crippen LogP contribution in [0.3, 0.4) is 0 Å². The summed E-state index contributed by atoms with van der Waals surface area (Å²) in [6.45, 7) is 3.42. The topological polar surface area (TPSA) is 81.9 Å². The third kappa shape index (κ3) is 3.80. The van der Waals surface area contributed by atoms with E-state index in [1.54, 1.807) is 6.20 Å². The molecule has 3 heterocycles. The number of thioether (sulfide) groups is 1. The number of carbonyl (C=O) groups is 1. The van der Waals surface area contributed by atoms with Crippen LogP contribution >= 0.6 is 11.8 Å². The van der Waals surface area contributed by atoms with Crippen LogP contribution in [0.4, 0.5) is 5.69 Å². The second-order valence-electron chi connectivity index (χ2n) is 6.02. The Morgan fingerprint density at radius 2 is 2.22 bits per heavy atom. The number of nitrogens with zero attached hydrogens (tertiary/aromatic N) is 4. The van der Waals surface area contributed by atoms with Crippen molar-refractivity contribution in [2.24, 2.45) is 0 Å². The molecule has 7 nitrogen and oxygen atoms in total. The van der Waals surface area contributed by atoms with Gasteiger partial charge in [-0.15, -0.1) is 10.2 Å². The number of fused-ring (bicyclic) bond motifs is 1. The Morgan fingerprint density at radius 3 is 3.04 bits per heavy atom. The average molecular weight is 381 g/mol. The van der Waals surface area contributed by atoms with E-state index in [0.29, 0.717) is 24.1 Å². The number of ether oxygens (including phenoxy) is 1. The highest BCUT2D eigenvalue weighted by molar-refractivity contribution is 7.99. The quantitative estimate of drug-likeness (QED) is 0.661. The maximum atomic E-state index is 12.3. The summed E-state index contributed by atoms with van der Waals surface area (Å²) in [6, 6.07) is 11.4. The summed E-state index contributed by atoms with van der Waals surface area (Å²) in [5.41, 5.74) is 2.69. The number of rotatable bonds is 6. The maximum absolute atomic E-state index is 12.3. The van der Waals surface area contributed by atoms with Gasteiger partial charge in [0.05, 0.1) is 12.4 Å². The molecule has 8 heteroatoms. The van der Waals surface area contributed by atoms with Gasteiger partial charge in [0.25, 0.3) is 0 Å². The molecule has 1 aromatic carbocycles. The van der Waals surface area contributed by atoms with Gasteiger partial charge in [0, 0.05) is 30.9 Å². The van der Waals surface area contributed by atoms with E-state index in [9.17, 15) is 4.79 Å². The van der Waals surface area contributed by atoms with Crippen LogP contribution in [0, 0.1) is 0 Å². The van der Waals surface area contributed by atoms with Gasteiger partial charge in [-0.05, 0) is 30.7 Å². The van der Waals surface area contributed by atoms with Gasteiger partial charge in [0.15, 0.2) is 11.0 Å². The van der Waals surface area contributed by atoms with Crippen LogP contribution in [0.1, 0.15) is 12.5 Å². The second kappa shape index (κ2) is 7.79. The molecule has 0 radical (unpaired) electrons. The zero-order valence-corrected chi connectivity index (χ0v) is 15.7. The van der Waals surface area contributed by atoms with Crippen molar-refractivity contribution in [2.75, 3.05) is 17.7 Å². The van der Waals surface area contributed by atoms with E-state index in [2.05, 4.69) is 20.5 Å². The first-order valence-electron chi connectivity index (χ1n) is 8.77. The van der Waals surface area contributed by atoms with Crippen LogP contribution in [0.15, 0.2) is 47.8 Å². The molecule has 1 amide bonds.